The summed E-state index contributed by atoms with van der Waals surface area (Å²) >= 11 is 0. The summed E-state index contributed by atoms with van der Waals surface area (Å²) in [7, 11) is 0. The molecule has 0 aliphatic rings. The zero-order valence-corrected chi connectivity index (χ0v) is 7.42. The van der Waals surface area contributed by atoms with Crippen LogP contribution in [0.3, 0.4) is 0 Å². The Morgan fingerprint density at radius 3 is 3.21 bits per heavy atom. The van der Waals surface area contributed by atoms with Gasteiger partial charge in [-0.1, -0.05) is 6.07 Å². The first-order valence-electron chi connectivity index (χ1n) is 4.26. The molecule has 0 aromatic carbocycles. The van der Waals surface area contributed by atoms with E-state index in [1.807, 2.05) is 12.1 Å². The zero-order chi connectivity index (χ0) is 9.97. The maximum atomic E-state index is 10.4. The van der Waals surface area contributed by atoms with Crippen molar-refractivity contribution in [1.82, 2.24) is 14.6 Å². The minimum atomic E-state index is -0.800. The number of rotatable bonds is 3. The van der Waals surface area contributed by atoms with E-state index >= 15 is 0 Å². The van der Waals surface area contributed by atoms with Crippen molar-refractivity contribution in [3.05, 3.63) is 30.2 Å². The molecule has 14 heavy (non-hydrogen) atoms. The number of nitrogens with zero attached hydrogens (tertiary/aromatic N) is 3. The summed E-state index contributed by atoms with van der Waals surface area (Å²) in [6, 6.07) is 3.70. The van der Waals surface area contributed by atoms with Gasteiger partial charge < -0.3 is 5.11 Å². The lowest BCUT2D eigenvalue weighted by molar-refractivity contribution is -0.136. The summed E-state index contributed by atoms with van der Waals surface area (Å²) in [5.41, 5.74) is 1.64. The van der Waals surface area contributed by atoms with Gasteiger partial charge in [0.25, 0.3) is 0 Å². The molecule has 0 unspecified atom stereocenters. The van der Waals surface area contributed by atoms with Crippen molar-refractivity contribution in [2.45, 2.75) is 12.8 Å². The third-order valence-electron chi connectivity index (χ3n) is 1.99. The van der Waals surface area contributed by atoms with Crippen LogP contribution in [-0.4, -0.2) is 25.7 Å². The summed E-state index contributed by atoms with van der Waals surface area (Å²) < 4.78 is 1.64. The molecule has 2 aromatic rings. The standard InChI is InChI=1S/C9H9N3O2/c13-8(14)4-3-7-2-1-5-12-9(7)10-6-11-12/h1-2,5-6H,3-4H2,(H,13,14). The summed E-state index contributed by atoms with van der Waals surface area (Å²) in [6.07, 6.45) is 3.84. The molecule has 0 spiro atoms. The van der Waals surface area contributed by atoms with Gasteiger partial charge in [-0.05, 0) is 18.1 Å². The van der Waals surface area contributed by atoms with E-state index in [2.05, 4.69) is 10.1 Å². The Morgan fingerprint density at radius 1 is 1.57 bits per heavy atom. The SMILES string of the molecule is O=C(O)CCc1cccn2ncnc12. The molecule has 5 heteroatoms. The first-order chi connectivity index (χ1) is 6.77. The van der Waals surface area contributed by atoms with Crippen LogP contribution in [0.1, 0.15) is 12.0 Å². The molecule has 2 rings (SSSR count). The second-order valence-electron chi connectivity index (χ2n) is 2.96. The third-order valence-corrected chi connectivity index (χ3v) is 1.99. The van der Waals surface area contributed by atoms with E-state index in [1.54, 1.807) is 10.7 Å². The fraction of sp³-hybridized carbons (Fsp3) is 0.222. The smallest absolute Gasteiger partial charge is 0.303 e. The monoisotopic (exact) mass is 191 g/mol. The topological polar surface area (TPSA) is 67.5 Å². The van der Waals surface area contributed by atoms with E-state index in [0.717, 1.165) is 11.2 Å². The highest BCUT2D eigenvalue weighted by Crippen LogP contribution is 2.09. The summed E-state index contributed by atoms with van der Waals surface area (Å²) in [5, 5.41) is 12.5. The maximum Gasteiger partial charge on any atom is 0.303 e. The summed E-state index contributed by atoms with van der Waals surface area (Å²) in [6.45, 7) is 0. The van der Waals surface area contributed by atoms with E-state index in [-0.39, 0.29) is 6.42 Å². The van der Waals surface area contributed by atoms with Gasteiger partial charge in [-0.2, -0.15) is 5.10 Å². The number of aryl methyl sites for hydroxylation is 1. The van der Waals surface area contributed by atoms with E-state index in [9.17, 15) is 4.79 Å². The van der Waals surface area contributed by atoms with Crippen LogP contribution in [0, 0.1) is 0 Å². The lowest BCUT2D eigenvalue weighted by Crippen LogP contribution is -1.99. The molecule has 0 radical (unpaired) electrons. The van der Waals surface area contributed by atoms with Crippen LogP contribution >= 0.6 is 0 Å². The van der Waals surface area contributed by atoms with Crippen LogP contribution in [0.15, 0.2) is 24.7 Å². The van der Waals surface area contributed by atoms with Crippen molar-refractivity contribution < 1.29 is 9.90 Å². The van der Waals surface area contributed by atoms with Crippen molar-refractivity contribution in [2.75, 3.05) is 0 Å². The fourth-order valence-electron chi connectivity index (χ4n) is 1.34. The highest BCUT2D eigenvalue weighted by molar-refractivity contribution is 5.67. The predicted molar refractivity (Wildman–Crippen MR) is 48.9 cm³/mol. The number of hydrogen-bond donors (Lipinski definition) is 1. The van der Waals surface area contributed by atoms with Gasteiger partial charge in [-0.15, -0.1) is 0 Å². The van der Waals surface area contributed by atoms with Gasteiger partial charge in [0.2, 0.25) is 0 Å². The molecule has 2 aromatic heterocycles. The second kappa shape index (κ2) is 3.45. The Bertz CT molecular complexity index is 464. The highest BCUT2D eigenvalue weighted by Gasteiger charge is 2.04. The molecule has 0 atom stereocenters. The number of carboxylic acids is 1. The number of aromatic nitrogens is 3. The third kappa shape index (κ3) is 1.56. The van der Waals surface area contributed by atoms with Crippen LogP contribution in [-0.2, 0) is 11.2 Å². The Morgan fingerprint density at radius 2 is 2.43 bits per heavy atom. The van der Waals surface area contributed by atoms with Gasteiger partial charge in [0, 0.05) is 12.6 Å². The van der Waals surface area contributed by atoms with Crippen LogP contribution < -0.4 is 0 Å². The predicted octanol–water partition coefficient (Wildman–Crippen LogP) is 0.746. The highest BCUT2D eigenvalue weighted by atomic mass is 16.4. The quantitative estimate of drug-likeness (QED) is 0.777. The average Bonchev–Trinajstić information content (AvgIpc) is 2.62. The summed E-state index contributed by atoms with van der Waals surface area (Å²) in [4.78, 5) is 14.5. The number of aliphatic carboxylic acids is 1. The molecule has 0 aliphatic carbocycles. The molecule has 0 saturated heterocycles. The normalized spacial score (nSPS) is 10.6. The molecule has 0 fully saturated rings. The maximum absolute atomic E-state index is 10.4. The first kappa shape index (κ1) is 8.68. The van der Waals surface area contributed by atoms with E-state index < -0.39 is 5.97 Å². The van der Waals surface area contributed by atoms with Crippen LogP contribution in [0.25, 0.3) is 5.65 Å². The Hall–Kier alpha value is -1.91. The average molecular weight is 191 g/mol. The van der Waals surface area contributed by atoms with Crippen LogP contribution in [0.4, 0.5) is 0 Å². The van der Waals surface area contributed by atoms with Gasteiger partial charge >= 0.3 is 5.97 Å². The lowest BCUT2D eigenvalue weighted by atomic mass is 10.1. The molecule has 0 aliphatic heterocycles. The van der Waals surface area contributed by atoms with Crippen molar-refractivity contribution in [2.24, 2.45) is 0 Å². The van der Waals surface area contributed by atoms with E-state index in [0.29, 0.717) is 6.42 Å². The Labute approximate surface area is 80.0 Å². The minimum Gasteiger partial charge on any atom is -0.481 e. The van der Waals surface area contributed by atoms with Crippen molar-refractivity contribution in [1.29, 1.82) is 0 Å². The van der Waals surface area contributed by atoms with Gasteiger partial charge in [0.15, 0.2) is 5.65 Å². The molecule has 5 nitrogen and oxygen atoms in total. The van der Waals surface area contributed by atoms with Crippen LogP contribution in [0.5, 0.6) is 0 Å². The largest absolute Gasteiger partial charge is 0.481 e. The van der Waals surface area contributed by atoms with E-state index in [4.69, 9.17) is 5.11 Å². The fourth-order valence-corrected chi connectivity index (χ4v) is 1.34. The van der Waals surface area contributed by atoms with Crippen LogP contribution in [0.2, 0.25) is 0 Å². The Balaban J connectivity index is 2.32. The lowest BCUT2D eigenvalue weighted by Gasteiger charge is -1.99. The molecule has 2 heterocycles. The Kier molecular flexibility index (Phi) is 2.14. The number of fused-ring (bicyclic) bond motifs is 1. The minimum absolute atomic E-state index is 0.118. The molecule has 0 amide bonds. The summed E-state index contributed by atoms with van der Waals surface area (Å²) in [5.74, 6) is -0.800. The second-order valence-corrected chi connectivity index (χ2v) is 2.96. The molecular weight excluding hydrogens is 182 g/mol. The van der Waals surface area contributed by atoms with Crippen molar-refractivity contribution in [3.63, 3.8) is 0 Å². The van der Waals surface area contributed by atoms with Gasteiger partial charge in [-0.3, -0.25) is 4.79 Å². The first-order valence-corrected chi connectivity index (χ1v) is 4.26. The molecule has 0 saturated carbocycles. The number of hydrogen-bond acceptors (Lipinski definition) is 3. The van der Waals surface area contributed by atoms with Crippen molar-refractivity contribution in [3.8, 4) is 0 Å². The molecule has 0 bridgehead atoms. The van der Waals surface area contributed by atoms with Gasteiger partial charge in [0.05, 0.1) is 0 Å². The van der Waals surface area contributed by atoms with Crippen molar-refractivity contribution >= 4 is 11.6 Å². The van der Waals surface area contributed by atoms with Gasteiger partial charge in [-0.25, -0.2) is 9.50 Å². The molecular formula is C9H9N3O2. The number of carbonyl (C=O) groups is 1. The van der Waals surface area contributed by atoms with Gasteiger partial charge in [0.1, 0.15) is 6.33 Å². The van der Waals surface area contributed by atoms with E-state index in [1.165, 1.54) is 6.33 Å². The number of carboxylic acid groups (broad SMARTS) is 1. The number of pyridine rings is 1. The zero-order valence-electron chi connectivity index (χ0n) is 7.42. The molecule has 72 valence electrons. The molecule has 1 N–H and O–H groups in total.